The average Bonchev–Trinajstić information content (AvgIpc) is 2.27. The highest BCUT2D eigenvalue weighted by molar-refractivity contribution is 5.01. The summed E-state index contributed by atoms with van der Waals surface area (Å²) < 4.78 is 0. The molecule has 100 valence electrons. The van der Waals surface area contributed by atoms with Gasteiger partial charge in [-0.05, 0) is 58.2 Å². The lowest BCUT2D eigenvalue weighted by Crippen LogP contribution is -2.40. The number of rotatable bonds is 5. The summed E-state index contributed by atoms with van der Waals surface area (Å²) in [5.74, 6) is 0.521. The minimum Gasteiger partial charge on any atom is -0.396 e. The molecule has 1 saturated heterocycles. The Morgan fingerprint density at radius 2 is 1.94 bits per heavy atom. The van der Waals surface area contributed by atoms with Gasteiger partial charge in [-0.15, -0.1) is 0 Å². The SMILES string of the molecule is C=C(CNC(C)(C)C)CN1CCC(CO)CC1. The second kappa shape index (κ2) is 6.53. The molecule has 17 heavy (non-hydrogen) atoms. The second-order valence-corrected chi connectivity index (χ2v) is 6.26. The van der Waals surface area contributed by atoms with Crippen LogP contribution in [0.4, 0.5) is 0 Å². The molecule has 3 heteroatoms. The molecule has 1 fully saturated rings. The van der Waals surface area contributed by atoms with Crippen LogP contribution in [0.5, 0.6) is 0 Å². The van der Waals surface area contributed by atoms with Crippen molar-refractivity contribution in [2.45, 2.75) is 39.2 Å². The van der Waals surface area contributed by atoms with Crippen LogP contribution in [0.1, 0.15) is 33.6 Å². The zero-order valence-electron chi connectivity index (χ0n) is 11.6. The van der Waals surface area contributed by atoms with Crippen LogP contribution in [-0.2, 0) is 0 Å². The van der Waals surface area contributed by atoms with Crippen LogP contribution >= 0.6 is 0 Å². The Kier molecular flexibility index (Phi) is 5.63. The fourth-order valence-electron chi connectivity index (χ4n) is 2.09. The fourth-order valence-corrected chi connectivity index (χ4v) is 2.09. The number of nitrogens with one attached hydrogen (secondary N) is 1. The summed E-state index contributed by atoms with van der Waals surface area (Å²) in [6.07, 6.45) is 2.24. The van der Waals surface area contributed by atoms with Gasteiger partial charge in [0.25, 0.3) is 0 Å². The number of aliphatic hydroxyl groups is 1. The quantitative estimate of drug-likeness (QED) is 0.717. The van der Waals surface area contributed by atoms with Crippen molar-refractivity contribution in [1.82, 2.24) is 10.2 Å². The third-order valence-electron chi connectivity index (χ3n) is 3.28. The van der Waals surface area contributed by atoms with E-state index in [1.165, 1.54) is 5.57 Å². The van der Waals surface area contributed by atoms with Crippen molar-refractivity contribution in [1.29, 1.82) is 0 Å². The van der Waals surface area contributed by atoms with E-state index in [0.29, 0.717) is 12.5 Å². The molecule has 0 bridgehead atoms. The first-order valence-corrected chi connectivity index (χ1v) is 6.65. The van der Waals surface area contributed by atoms with Crippen molar-refractivity contribution >= 4 is 0 Å². The molecule has 0 aromatic carbocycles. The van der Waals surface area contributed by atoms with Gasteiger partial charge in [0.2, 0.25) is 0 Å². The van der Waals surface area contributed by atoms with Gasteiger partial charge in [0.05, 0.1) is 0 Å². The summed E-state index contributed by atoms with van der Waals surface area (Å²) in [6.45, 7) is 15.1. The van der Waals surface area contributed by atoms with E-state index in [1.54, 1.807) is 0 Å². The first-order valence-electron chi connectivity index (χ1n) is 6.65. The number of hydrogen-bond acceptors (Lipinski definition) is 3. The maximum Gasteiger partial charge on any atom is 0.0460 e. The number of piperidine rings is 1. The van der Waals surface area contributed by atoms with Crippen LogP contribution in [0, 0.1) is 5.92 Å². The molecule has 1 rings (SSSR count). The number of aliphatic hydroxyl groups excluding tert-OH is 1. The second-order valence-electron chi connectivity index (χ2n) is 6.26. The minimum atomic E-state index is 0.160. The Hall–Kier alpha value is -0.380. The Morgan fingerprint density at radius 1 is 1.35 bits per heavy atom. The smallest absolute Gasteiger partial charge is 0.0460 e. The Balaban J connectivity index is 2.19. The van der Waals surface area contributed by atoms with E-state index in [4.69, 9.17) is 5.11 Å². The van der Waals surface area contributed by atoms with Gasteiger partial charge in [-0.2, -0.15) is 0 Å². The molecule has 2 N–H and O–H groups in total. The first kappa shape index (κ1) is 14.7. The highest BCUT2D eigenvalue weighted by Crippen LogP contribution is 2.16. The maximum absolute atomic E-state index is 9.09. The van der Waals surface area contributed by atoms with Crippen molar-refractivity contribution in [3.05, 3.63) is 12.2 Å². The predicted octanol–water partition coefficient (Wildman–Crippen LogP) is 1.63. The van der Waals surface area contributed by atoms with E-state index in [1.807, 2.05) is 0 Å². The molecule has 0 saturated carbocycles. The van der Waals surface area contributed by atoms with Crippen LogP contribution in [0.3, 0.4) is 0 Å². The highest BCUT2D eigenvalue weighted by atomic mass is 16.3. The summed E-state index contributed by atoms with van der Waals surface area (Å²) in [5.41, 5.74) is 1.41. The normalized spacial score (nSPS) is 19.5. The molecule has 0 radical (unpaired) electrons. The average molecular weight is 240 g/mol. The molecule has 0 spiro atoms. The van der Waals surface area contributed by atoms with Gasteiger partial charge in [-0.25, -0.2) is 0 Å². The minimum absolute atomic E-state index is 0.160. The third kappa shape index (κ3) is 6.20. The Labute approximate surface area is 106 Å². The zero-order chi connectivity index (χ0) is 12.9. The first-order chi connectivity index (χ1) is 7.90. The molecule has 0 amide bonds. The molecule has 0 aromatic rings. The van der Waals surface area contributed by atoms with Gasteiger partial charge in [0, 0.05) is 25.2 Å². The van der Waals surface area contributed by atoms with Gasteiger partial charge in [0.1, 0.15) is 0 Å². The van der Waals surface area contributed by atoms with E-state index in [2.05, 4.69) is 37.6 Å². The van der Waals surface area contributed by atoms with Crippen molar-refractivity contribution in [2.24, 2.45) is 5.92 Å². The highest BCUT2D eigenvalue weighted by Gasteiger charge is 2.18. The molecule has 3 nitrogen and oxygen atoms in total. The van der Waals surface area contributed by atoms with Crippen LogP contribution in [0.25, 0.3) is 0 Å². The Morgan fingerprint density at radius 3 is 2.41 bits per heavy atom. The summed E-state index contributed by atoms with van der Waals surface area (Å²) in [4.78, 5) is 2.44. The molecular formula is C14H28N2O. The molecule has 0 atom stereocenters. The molecule has 0 aliphatic carbocycles. The van der Waals surface area contributed by atoms with Crippen molar-refractivity contribution < 1.29 is 5.11 Å². The zero-order valence-corrected chi connectivity index (χ0v) is 11.6. The molecule has 1 heterocycles. The number of hydrogen-bond donors (Lipinski definition) is 2. The van der Waals surface area contributed by atoms with Gasteiger partial charge >= 0.3 is 0 Å². The fraction of sp³-hybridized carbons (Fsp3) is 0.857. The third-order valence-corrected chi connectivity index (χ3v) is 3.28. The van der Waals surface area contributed by atoms with Crippen LogP contribution in [0.2, 0.25) is 0 Å². The maximum atomic E-state index is 9.09. The van der Waals surface area contributed by atoms with Gasteiger partial charge in [-0.3, -0.25) is 4.90 Å². The molecule has 1 aliphatic rings. The van der Waals surface area contributed by atoms with E-state index in [9.17, 15) is 0 Å². The summed E-state index contributed by atoms with van der Waals surface area (Å²) >= 11 is 0. The molecule has 0 aromatic heterocycles. The molecular weight excluding hydrogens is 212 g/mol. The van der Waals surface area contributed by atoms with Crippen LogP contribution in [-0.4, -0.2) is 48.3 Å². The van der Waals surface area contributed by atoms with E-state index in [0.717, 1.165) is 39.0 Å². The lowest BCUT2D eigenvalue weighted by atomic mass is 9.97. The lowest BCUT2D eigenvalue weighted by molar-refractivity contribution is 0.137. The predicted molar refractivity (Wildman–Crippen MR) is 73.1 cm³/mol. The van der Waals surface area contributed by atoms with Crippen LogP contribution in [0.15, 0.2) is 12.2 Å². The molecule has 0 unspecified atom stereocenters. The van der Waals surface area contributed by atoms with Crippen molar-refractivity contribution in [2.75, 3.05) is 32.8 Å². The van der Waals surface area contributed by atoms with Gasteiger partial charge in [-0.1, -0.05) is 6.58 Å². The summed E-state index contributed by atoms with van der Waals surface area (Å²) in [5, 5.41) is 12.6. The van der Waals surface area contributed by atoms with Crippen molar-refractivity contribution in [3.8, 4) is 0 Å². The van der Waals surface area contributed by atoms with E-state index in [-0.39, 0.29) is 5.54 Å². The van der Waals surface area contributed by atoms with Gasteiger partial charge < -0.3 is 10.4 Å². The topological polar surface area (TPSA) is 35.5 Å². The lowest BCUT2D eigenvalue weighted by Gasteiger charge is -2.32. The summed E-state index contributed by atoms with van der Waals surface area (Å²) in [7, 11) is 0. The molecule has 1 aliphatic heterocycles. The van der Waals surface area contributed by atoms with E-state index >= 15 is 0 Å². The van der Waals surface area contributed by atoms with E-state index < -0.39 is 0 Å². The Bertz CT molecular complexity index is 237. The largest absolute Gasteiger partial charge is 0.396 e. The van der Waals surface area contributed by atoms with Gasteiger partial charge in [0.15, 0.2) is 0 Å². The standard InChI is InChI=1S/C14H28N2O/c1-12(9-15-14(2,3)4)10-16-7-5-13(11-17)6-8-16/h13,15,17H,1,5-11H2,2-4H3. The number of likely N-dealkylation sites (tertiary alicyclic amines) is 1. The summed E-state index contributed by atoms with van der Waals surface area (Å²) in [6, 6.07) is 0. The van der Waals surface area contributed by atoms with Crippen molar-refractivity contribution in [3.63, 3.8) is 0 Å². The monoisotopic (exact) mass is 240 g/mol. The number of nitrogens with zero attached hydrogens (tertiary/aromatic N) is 1. The van der Waals surface area contributed by atoms with Crippen LogP contribution < -0.4 is 5.32 Å².